The molecule has 1 saturated heterocycles. The van der Waals surface area contributed by atoms with E-state index >= 15 is 0 Å². The number of amides is 1. The van der Waals surface area contributed by atoms with Gasteiger partial charge in [-0.15, -0.1) is 11.3 Å². The minimum atomic E-state index is 0.262. The van der Waals surface area contributed by atoms with Gasteiger partial charge in [-0.3, -0.25) is 9.69 Å². The van der Waals surface area contributed by atoms with Gasteiger partial charge in [-0.25, -0.2) is 4.98 Å². The number of thiazole rings is 1. The number of benzene rings is 1. The van der Waals surface area contributed by atoms with Gasteiger partial charge in [-0.05, 0) is 44.0 Å². The number of hydrogen-bond acceptors (Lipinski definition) is 4. The van der Waals surface area contributed by atoms with E-state index in [0.717, 1.165) is 44.5 Å². The van der Waals surface area contributed by atoms with Crippen LogP contribution >= 0.6 is 11.3 Å². The Kier molecular flexibility index (Phi) is 4.69. The molecule has 1 amide bonds. The van der Waals surface area contributed by atoms with Crippen molar-refractivity contribution in [1.29, 1.82) is 0 Å². The second kappa shape index (κ2) is 7.33. The number of carbonyl (C=O) groups excluding carboxylic acids is 1. The Morgan fingerprint density at radius 3 is 2.96 bits per heavy atom. The molecule has 2 aromatic heterocycles. The summed E-state index contributed by atoms with van der Waals surface area (Å²) >= 11 is 1.78. The summed E-state index contributed by atoms with van der Waals surface area (Å²) in [4.78, 5) is 22.3. The Hall–Kier alpha value is -2.18. The van der Waals surface area contributed by atoms with Crippen LogP contribution in [0.2, 0.25) is 0 Å². The Bertz CT molecular complexity index is 960. The maximum absolute atomic E-state index is 13.1. The number of para-hydroxylation sites is 1. The van der Waals surface area contributed by atoms with Gasteiger partial charge in [0.1, 0.15) is 0 Å². The molecule has 2 aliphatic rings. The van der Waals surface area contributed by atoms with E-state index in [1.165, 1.54) is 15.4 Å². The van der Waals surface area contributed by atoms with Crippen LogP contribution < -0.4 is 0 Å². The Morgan fingerprint density at radius 2 is 2.07 bits per heavy atom. The van der Waals surface area contributed by atoms with Crippen molar-refractivity contribution in [3.8, 4) is 0 Å². The number of nitrogens with zero attached hydrogens (tertiary/aromatic N) is 4. The van der Waals surface area contributed by atoms with E-state index in [1.807, 2.05) is 6.07 Å². The highest BCUT2D eigenvalue weighted by Gasteiger charge is 2.30. The summed E-state index contributed by atoms with van der Waals surface area (Å²) in [6.07, 6.45) is 4.32. The first-order valence-corrected chi connectivity index (χ1v) is 11.0. The molecule has 6 heteroatoms. The van der Waals surface area contributed by atoms with Gasteiger partial charge in [0.15, 0.2) is 0 Å². The average molecular weight is 395 g/mol. The third-order valence-corrected chi connectivity index (χ3v) is 7.44. The summed E-state index contributed by atoms with van der Waals surface area (Å²) < 4.78 is 3.54. The van der Waals surface area contributed by atoms with E-state index in [0.29, 0.717) is 12.5 Å². The quantitative estimate of drug-likeness (QED) is 0.677. The number of likely N-dealkylation sites (tertiary alicyclic amines) is 1. The maximum atomic E-state index is 13.1. The first-order valence-electron chi connectivity index (χ1n) is 10.2. The molecule has 2 atom stereocenters. The molecule has 1 aromatic carbocycles. The molecule has 3 aromatic rings. The number of piperidine rings is 1. The predicted molar refractivity (Wildman–Crippen MR) is 113 cm³/mol. The zero-order chi connectivity index (χ0) is 19.1. The highest BCUT2D eigenvalue weighted by molar-refractivity contribution is 7.18. The fourth-order valence-corrected chi connectivity index (χ4v) is 5.68. The van der Waals surface area contributed by atoms with Crippen LogP contribution in [-0.2, 0) is 11.3 Å². The van der Waals surface area contributed by atoms with E-state index in [2.05, 4.69) is 57.8 Å². The van der Waals surface area contributed by atoms with Gasteiger partial charge in [-0.2, -0.15) is 0 Å². The highest BCUT2D eigenvalue weighted by Crippen LogP contribution is 2.33. The summed E-state index contributed by atoms with van der Waals surface area (Å²) in [7, 11) is 0. The molecule has 2 aliphatic heterocycles. The van der Waals surface area contributed by atoms with E-state index < -0.39 is 0 Å². The van der Waals surface area contributed by atoms with Crippen molar-refractivity contribution in [2.75, 3.05) is 26.2 Å². The van der Waals surface area contributed by atoms with E-state index in [1.54, 1.807) is 11.3 Å². The van der Waals surface area contributed by atoms with E-state index in [-0.39, 0.29) is 11.9 Å². The molecule has 4 heterocycles. The van der Waals surface area contributed by atoms with Crippen LogP contribution in [0.4, 0.5) is 0 Å². The fraction of sp³-hybridized carbons (Fsp3) is 0.455. The van der Waals surface area contributed by atoms with Crippen molar-refractivity contribution >= 4 is 27.5 Å². The number of aromatic nitrogens is 2. The molecule has 2 unspecified atom stereocenters. The van der Waals surface area contributed by atoms with Gasteiger partial charge in [0.05, 0.1) is 21.8 Å². The predicted octanol–water partition coefficient (Wildman–Crippen LogP) is 3.88. The summed E-state index contributed by atoms with van der Waals surface area (Å²) in [5, 5.41) is 1.18. The lowest BCUT2D eigenvalue weighted by atomic mass is 9.98. The summed E-state index contributed by atoms with van der Waals surface area (Å²) in [5.74, 6) is 0.628. The van der Waals surface area contributed by atoms with Crippen molar-refractivity contribution < 1.29 is 4.79 Å². The molecular formula is C22H26N4OS. The van der Waals surface area contributed by atoms with Gasteiger partial charge in [0.25, 0.3) is 0 Å². The van der Waals surface area contributed by atoms with Crippen molar-refractivity contribution in [1.82, 2.24) is 19.4 Å². The summed E-state index contributed by atoms with van der Waals surface area (Å²) in [6.45, 7) is 6.30. The first kappa shape index (κ1) is 17.9. The largest absolute Gasteiger partial charge is 0.349 e. The third-order valence-electron chi connectivity index (χ3n) is 6.24. The van der Waals surface area contributed by atoms with E-state index in [9.17, 15) is 4.79 Å². The Morgan fingerprint density at radius 1 is 1.18 bits per heavy atom. The van der Waals surface area contributed by atoms with Crippen molar-refractivity contribution in [2.45, 2.75) is 38.3 Å². The van der Waals surface area contributed by atoms with Crippen LogP contribution in [0.5, 0.6) is 0 Å². The second-order valence-corrected chi connectivity index (χ2v) is 9.03. The SMILES string of the molecule is CC1c2cccn2CCN1CC(=O)N1CCCC(c2nc3ccccc3s2)C1. The fourth-order valence-electron chi connectivity index (χ4n) is 4.59. The lowest BCUT2D eigenvalue weighted by Gasteiger charge is -2.37. The topological polar surface area (TPSA) is 41.4 Å². The number of rotatable bonds is 3. The Balaban J connectivity index is 1.26. The van der Waals surface area contributed by atoms with E-state index in [4.69, 9.17) is 4.98 Å². The molecule has 0 bridgehead atoms. The smallest absolute Gasteiger partial charge is 0.236 e. The van der Waals surface area contributed by atoms with Gasteiger partial charge in [-0.1, -0.05) is 12.1 Å². The van der Waals surface area contributed by atoms with Crippen molar-refractivity contribution in [3.63, 3.8) is 0 Å². The van der Waals surface area contributed by atoms with Crippen LogP contribution in [0, 0.1) is 0 Å². The third kappa shape index (κ3) is 3.25. The minimum Gasteiger partial charge on any atom is -0.349 e. The van der Waals surface area contributed by atoms with Gasteiger partial charge >= 0.3 is 0 Å². The van der Waals surface area contributed by atoms with Crippen LogP contribution in [0.15, 0.2) is 42.6 Å². The maximum Gasteiger partial charge on any atom is 0.236 e. The molecule has 5 nitrogen and oxygen atoms in total. The molecule has 0 spiro atoms. The Labute approximate surface area is 169 Å². The van der Waals surface area contributed by atoms with Crippen LogP contribution in [0.3, 0.4) is 0 Å². The van der Waals surface area contributed by atoms with Crippen molar-refractivity contribution in [3.05, 3.63) is 53.3 Å². The van der Waals surface area contributed by atoms with Crippen LogP contribution in [-0.4, -0.2) is 51.4 Å². The highest BCUT2D eigenvalue weighted by atomic mass is 32.1. The van der Waals surface area contributed by atoms with Crippen LogP contribution in [0.25, 0.3) is 10.2 Å². The first-order chi connectivity index (χ1) is 13.7. The minimum absolute atomic E-state index is 0.262. The zero-order valence-electron chi connectivity index (χ0n) is 16.3. The average Bonchev–Trinajstić information content (AvgIpc) is 3.37. The molecule has 0 radical (unpaired) electrons. The second-order valence-electron chi connectivity index (χ2n) is 7.97. The number of hydrogen-bond donors (Lipinski definition) is 0. The zero-order valence-corrected chi connectivity index (χ0v) is 17.1. The lowest BCUT2D eigenvalue weighted by molar-refractivity contribution is -0.134. The van der Waals surface area contributed by atoms with Gasteiger partial charge in [0.2, 0.25) is 5.91 Å². The molecule has 0 N–H and O–H groups in total. The number of fused-ring (bicyclic) bond motifs is 2. The molecule has 1 fully saturated rings. The molecule has 0 aliphatic carbocycles. The van der Waals surface area contributed by atoms with Crippen molar-refractivity contribution in [2.24, 2.45) is 0 Å². The number of carbonyl (C=O) groups is 1. The van der Waals surface area contributed by atoms with Gasteiger partial charge in [0, 0.05) is 50.0 Å². The lowest BCUT2D eigenvalue weighted by Crippen LogP contribution is -2.47. The molecule has 28 heavy (non-hydrogen) atoms. The van der Waals surface area contributed by atoms with Crippen LogP contribution in [0.1, 0.15) is 42.4 Å². The molecule has 146 valence electrons. The molecular weight excluding hydrogens is 368 g/mol. The molecule has 0 saturated carbocycles. The standard InChI is InChI=1S/C22H26N4OS/c1-16-19-8-5-10-24(19)12-13-25(16)15-21(27)26-11-4-6-17(14-26)22-23-18-7-2-3-9-20(18)28-22/h2-3,5,7-10,16-17H,4,6,11-15H2,1H3. The summed E-state index contributed by atoms with van der Waals surface area (Å²) in [5.41, 5.74) is 2.39. The normalized spacial score (nSPS) is 23.1. The monoisotopic (exact) mass is 394 g/mol. The molecule has 5 rings (SSSR count). The summed E-state index contributed by atoms with van der Waals surface area (Å²) in [6, 6.07) is 12.9. The van der Waals surface area contributed by atoms with Gasteiger partial charge < -0.3 is 9.47 Å².